The number of nitrogens with two attached hydrogens (primary N) is 1. The molecular weight excluding hydrogens is 240 g/mol. The summed E-state index contributed by atoms with van der Waals surface area (Å²) < 4.78 is 28.3. The van der Waals surface area contributed by atoms with E-state index in [4.69, 9.17) is 5.73 Å². The fourth-order valence-corrected chi connectivity index (χ4v) is 3.48. The molecule has 1 fully saturated rings. The lowest BCUT2D eigenvalue weighted by atomic mass is 10.2. The number of rotatable bonds is 5. The maximum atomic E-state index is 12.1. The quantitative estimate of drug-likeness (QED) is 0.803. The van der Waals surface area contributed by atoms with Crippen molar-refractivity contribution in [2.75, 3.05) is 5.73 Å². The molecule has 0 spiro atoms. The maximum Gasteiger partial charge on any atom is 0.260 e. The highest BCUT2D eigenvalue weighted by Crippen LogP contribution is 2.33. The van der Waals surface area contributed by atoms with Crippen LogP contribution in [0.15, 0.2) is 11.4 Å². The molecule has 1 aromatic rings. The van der Waals surface area contributed by atoms with Gasteiger partial charge in [-0.25, -0.2) is 18.1 Å². The molecule has 1 atom stereocenters. The van der Waals surface area contributed by atoms with Gasteiger partial charge in [0.05, 0.1) is 6.33 Å². The Bertz CT molecular complexity index is 485. The number of nitrogens with one attached hydrogen (secondary N) is 1. The van der Waals surface area contributed by atoms with Crippen LogP contribution in [0, 0.1) is 5.92 Å². The lowest BCUT2D eigenvalue weighted by Gasteiger charge is -2.14. The smallest absolute Gasteiger partial charge is 0.260 e. The first-order chi connectivity index (χ1) is 7.90. The minimum absolute atomic E-state index is 0.0404. The van der Waals surface area contributed by atoms with Gasteiger partial charge in [-0.15, -0.1) is 0 Å². The van der Waals surface area contributed by atoms with E-state index in [9.17, 15) is 8.42 Å². The summed E-state index contributed by atoms with van der Waals surface area (Å²) >= 11 is 0. The summed E-state index contributed by atoms with van der Waals surface area (Å²) in [5.74, 6) is 0.718. The molecule has 1 saturated carbocycles. The van der Waals surface area contributed by atoms with Crippen LogP contribution in [-0.2, 0) is 17.1 Å². The van der Waals surface area contributed by atoms with Crippen molar-refractivity contribution in [3.05, 3.63) is 6.33 Å². The molecule has 1 aliphatic carbocycles. The summed E-state index contributed by atoms with van der Waals surface area (Å²) in [6, 6.07) is -0.0678. The zero-order valence-electron chi connectivity index (χ0n) is 10.0. The van der Waals surface area contributed by atoms with Crippen LogP contribution >= 0.6 is 0 Å². The van der Waals surface area contributed by atoms with Gasteiger partial charge in [0.25, 0.3) is 10.0 Å². The first-order valence-electron chi connectivity index (χ1n) is 5.69. The van der Waals surface area contributed by atoms with E-state index < -0.39 is 10.0 Å². The fourth-order valence-electron chi connectivity index (χ4n) is 1.99. The Morgan fingerprint density at radius 1 is 1.65 bits per heavy atom. The van der Waals surface area contributed by atoms with E-state index >= 15 is 0 Å². The molecule has 6 nitrogen and oxygen atoms in total. The van der Waals surface area contributed by atoms with Gasteiger partial charge in [0.1, 0.15) is 0 Å². The largest absolute Gasteiger partial charge is 0.381 e. The van der Waals surface area contributed by atoms with E-state index in [2.05, 4.69) is 9.71 Å². The van der Waals surface area contributed by atoms with Crippen LogP contribution in [0.1, 0.15) is 26.2 Å². The van der Waals surface area contributed by atoms with E-state index in [1.54, 1.807) is 7.05 Å². The van der Waals surface area contributed by atoms with Gasteiger partial charge in [-0.05, 0) is 19.3 Å². The van der Waals surface area contributed by atoms with Crippen LogP contribution in [0.3, 0.4) is 0 Å². The van der Waals surface area contributed by atoms with Gasteiger partial charge in [0.15, 0.2) is 10.8 Å². The summed E-state index contributed by atoms with van der Waals surface area (Å²) in [7, 11) is -1.96. The van der Waals surface area contributed by atoms with E-state index in [1.807, 2.05) is 6.92 Å². The Balaban J connectivity index is 2.12. The molecule has 1 unspecified atom stereocenters. The van der Waals surface area contributed by atoms with Gasteiger partial charge in [-0.3, -0.25) is 0 Å². The molecule has 7 heteroatoms. The lowest BCUT2D eigenvalue weighted by molar-refractivity contribution is 0.524. The number of aromatic nitrogens is 2. The van der Waals surface area contributed by atoms with Crippen LogP contribution in [-0.4, -0.2) is 24.0 Å². The van der Waals surface area contributed by atoms with Crippen molar-refractivity contribution in [2.24, 2.45) is 13.0 Å². The average Bonchev–Trinajstić information content (AvgIpc) is 2.90. The average molecular weight is 258 g/mol. The summed E-state index contributed by atoms with van der Waals surface area (Å²) in [6.07, 6.45) is 4.70. The molecule has 0 bridgehead atoms. The monoisotopic (exact) mass is 258 g/mol. The van der Waals surface area contributed by atoms with E-state index in [-0.39, 0.29) is 16.9 Å². The maximum absolute atomic E-state index is 12.1. The number of nitrogen functional groups attached to an aromatic ring is 1. The zero-order chi connectivity index (χ0) is 12.6. The summed E-state index contributed by atoms with van der Waals surface area (Å²) in [5, 5.41) is 0.0418. The van der Waals surface area contributed by atoms with Crippen LogP contribution < -0.4 is 10.5 Å². The van der Waals surface area contributed by atoms with E-state index in [1.165, 1.54) is 23.7 Å². The predicted molar refractivity (Wildman–Crippen MR) is 64.7 cm³/mol. The second kappa shape index (κ2) is 4.30. The summed E-state index contributed by atoms with van der Waals surface area (Å²) in [5.41, 5.74) is 5.57. The number of imidazole rings is 1. The van der Waals surface area contributed by atoms with Gasteiger partial charge in [0, 0.05) is 13.1 Å². The standard InChI is InChI=1S/C10H18N4O2S/c1-7(5-8-3-4-8)13-17(15,16)10-9(11)12-6-14(10)2/h6-8,13H,3-5,11H2,1-2H3. The minimum atomic E-state index is -3.57. The molecule has 0 aliphatic heterocycles. The molecule has 1 aliphatic rings. The van der Waals surface area contributed by atoms with Crippen molar-refractivity contribution in [1.29, 1.82) is 0 Å². The number of hydrogen-bond acceptors (Lipinski definition) is 4. The first-order valence-corrected chi connectivity index (χ1v) is 7.17. The molecule has 1 heterocycles. The van der Waals surface area contributed by atoms with E-state index in [0.717, 1.165) is 6.42 Å². The highest BCUT2D eigenvalue weighted by molar-refractivity contribution is 7.89. The molecule has 17 heavy (non-hydrogen) atoms. The van der Waals surface area contributed by atoms with Gasteiger partial charge in [0.2, 0.25) is 0 Å². The molecular formula is C10H18N4O2S. The van der Waals surface area contributed by atoms with Gasteiger partial charge >= 0.3 is 0 Å². The first kappa shape index (κ1) is 12.4. The van der Waals surface area contributed by atoms with Crippen molar-refractivity contribution < 1.29 is 8.42 Å². The highest BCUT2D eigenvalue weighted by atomic mass is 32.2. The molecule has 0 saturated heterocycles. The number of aryl methyl sites for hydroxylation is 1. The third-order valence-electron chi connectivity index (χ3n) is 2.90. The van der Waals surface area contributed by atoms with Crippen molar-refractivity contribution in [1.82, 2.24) is 14.3 Å². The Morgan fingerprint density at radius 3 is 2.76 bits per heavy atom. The molecule has 0 radical (unpaired) electrons. The number of hydrogen-bond donors (Lipinski definition) is 2. The minimum Gasteiger partial charge on any atom is -0.381 e. The van der Waals surface area contributed by atoms with Crippen LogP contribution in [0.2, 0.25) is 0 Å². The Kier molecular flexibility index (Phi) is 3.13. The van der Waals surface area contributed by atoms with Crippen molar-refractivity contribution in [2.45, 2.75) is 37.3 Å². The molecule has 2 rings (SSSR count). The van der Waals surface area contributed by atoms with Crippen LogP contribution in [0.5, 0.6) is 0 Å². The van der Waals surface area contributed by atoms with Gasteiger partial charge < -0.3 is 10.3 Å². The second-order valence-corrected chi connectivity index (χ2v) is 6.38. The molecule has 1 aromatic heterocycles. The van der Waals surface area contributed by atoms with Gasteiger partial charge in [-0.1, -0.05) is 12.8 Å². The van der Waals surface area contributed by atoms with Gasteiger partial charge in [-0.2, -0.15) is 0 Å². The van der Waals surface area contributed by atoms with Crippen molar-refractivity contribution in [3.63, 3.8) is 0 Å². The van der Waals surface area contributed by atoms with Crippen molar-refractivity contribution >= 4 is 15.8 Å². The fraction of sp³-hybridized carbons (Fsp3) is 0.700. The summed E-state index contributed by atoms with van der Waals surface area (Å²) in [4.78, 5) is 3.78. The van der Waals surface area contributed by atoms with Crippen LogP contribution in [0.4, 0.5) is 5.82 Å². The Morgan fingerprint density at radius 2 is 2.29 bits per heavy atom. The van der Waals surface area contributed by atoms with E-state index in [0.29, 0.717) is 5.92 Å². The Labute approximate surface area is 101 Å². The second-order valence-electron chi connectivity index (χ2n) is 4.75. The molecule has 0 aromatic carbocycles. The predicted octanol–water partition coefficient (Wildman–Crippen LogP) is 0.469. The number of sulfonamides is 1. The SMILES string of the molecule is CC(CC1CC1)NS(=O)(=O)c1c(N)ncn1C. The topological polar surface area (TPSA) is 90.0 Å². The number of anilines is 1. The number of nitrogens with zero attached hydrogens (tertiary/aromatic N) is 2. The third-order valence-corrected chi connectivity index (χ3v) is 4.62. The highest BCUT2D eigenvalue weighted by Gasteiger charge is 2.28. The summed E-state index contributed by atoms with van der Waals surface area (Å²) in [6.45, 7) is 1.88. The van der Waals surface area contributed by atoms with Crippen LogP contribution in [0.25, 0.3) is 0 Å². The Hall–Kier alpha value is -1.08. The third kappa shape index (κ3) is 2.78. The zero-order valence-corrected chi connectivity index (χ0v) is 10.9. The lowest BCUT2D eigenvalue weighted by Crippen LogP contribution is -2.34. The van der Waals surface area contributed by atoms with Crippen molar-refractivity contribution in [3.8, 4) is 0 Å². The molecule has 3 N–H and O–H groups in total. The molecule has 0 amide bonds. The molecule has 96 valence electrons. The normalized spacial score (nSPS) is 18.2.